The first-order valence-electron chi connectivity index (χ1n) is 28.9. The number of rotatable bonds is 21. The Bertz CT molecular complexity index is 3360. The molecule has 16 N–H and O–H groups in total. The van der Waals surface area contributed by atoms with E-state index in [0.717, 1.165) is 56.9 Å². The van der Waals surface area contributed by atoms with Crippen LogP contribution in [0.25, 0.3) is 21.1 Å². The minimum atomic E-state index is -5.34. The molecule has 14 atom stereocenters. The van der Waals surface area contributed by atoms with Crippen LogP contribution in [0.5, 0.6) is 17.2 Å². The molecular formula is C57H74N10O22S2. The lowest BCUT2D eigenvalue weighted by Crippen LogP contribution is -2.64. The number of β-amino-alcohol motifs (C(OH)–C–C–N with tert-alkyl or cyclic N) is 1. The van der Waals surface area contributed by atoms with Crippen LogP contribution in [0.2, 0.25) is 0 Å². The molecule has 0 unspecified atom stereocenters. The van der Waals surface area contributed by atoms with Gasteiger partial charge in [-0.05, 0) is 80.3 Å². The molecule has 3 aliphatic heterocycles. The van der Waals surface area contributed by atoms with Gasteiger partial charge in [-0.1, -0.05) is 42.9 Å². The van der Waals surface area contributed by atoms with Gasteiger partial charge in [0.2, 0.25) is 41.4 Å². The van der Waals surface area contributed by atoms with Crippen molar-refractivity contribution in [3.05, 3.63) is 77.9 Å². The summed E-state index contributed by atoms with van der Waals surface area (Å²) < 4.78 is 47.7. The minimum Gasteiger partial charge on any atom is -0.504 e. The number of nitrogens with two attached hydrogens (primary N) is 1. The van der Waals surface area contributed by atoms with Crippen molar-refractivity contribution in [1.29, 1.82) is 0 Å². The second kappa shape index (κ2) is 31.3. The van der Waals surface area contributed by atoms with Crippen molar-refractivity contribution >= 4 is 69.0 Å². The molecular weight excluding hydrogens is 1240 g/mol. The van der Waals surface area contributed by atoms with E-state index in [0.29, 0.717) is 43.8 Å². The average molecular weight is 1320 g/mol. The molecule has 3 aromatic carbocycles. The van der Waals surface area contributed by atoms with Gasteiger partial charge in [0.25, 0.3) is 5.91 Å². The highest BCUT2D eigenvalue weighted by molar-refractivity contribution is 7.81. The van der Waals surface area contributed by atoms with Crippen molar-refractivity contribution in [2.45, 2.75) is 138 Å². The molecule has 0 saturated carbocycles. The second-order valence-electron chi connectivity index (χ2n) is 22.3. The monoisotopic (exact) mass is 1310 g/mol. The molecule has 3 aliphatic rings. The SMILES string of the molecule is COCCCCCCOc1ccc(-c2nnc(-c3ccc(C(=O)N[C@H]4C[C@@H](O)CNC(=O)[C@@H]5[C@@H](O)[C@@H](C)CN5C(=O)[C@H]([C@H](O)CC(N)=O)NC(=O)[C@H]([C@H](O)[C@@H](O)c5ccc(O)c(OS(=O)(=O)O)c5)NC(=O)[C@@H]5C[C@@H](O)CN5C(=O)[C@H]([C@@H](C)O)NC4=O)cc3)s2)cc1. The largest absolute Gasteiger partial charge is 0.504 e. The predicted molar refractivity (Wildman–Crippen MR) is 317 cm³/mol. The van der Waals surface area contributed by atoms with Crippen LogP contribution >= 0.6 is 11.3 Å². The first kappa shape index (κ1) is 70.4. The molecule has 32 nitrogen and oxygen atoms in total. The standard InChI is InChI=1S/C57H74N10O22S2/c1-27-25-67-45(46(27)74)53(81)59-24-33(69)21-36(60-49(77)29-8-10-30(11-9-29)54-64-65-55(90-54)31-12-15-35(16-13-31)88-19-7-5-4-6-18-87-3)50(78)61-42(28(2)68)56(82)66-26-34(70)22-37(66)51(79)63-44(52(80)62-43(57(67)83)39(72)23-41(58)73)48(76)47(75)32-14-17-38(71)40(20-32)89-91(84,85)86/h8-17,20,27-28,33-34,36-37,39,42-48,68-72,74-76H,4-7,18-19,21-26H2,1-3H3,(H2,58,73)(H,59,81)(H,60,77)(H,61,78)(H,62,80)(H,63,79)(H,84,85,86)/t27-,28+,33+,34+,36-,37-,39+,42-,43-,44-,45-,46-,47-,48-/m0/s1. The number of hydrogen-bond acceptors (Lipinski definition) is 24. The third-order valence-electron chi connectivity index (χ3n) is 15.4. The van der Waals surface area contributed by atoms with Crippen LogP contribution in [-0.4, -0.2) is 234 Å². The number of ether oxygens (including phenoxy) is 2. The lowest BCUT2D eigenvalue weighted by Gasteiger charge is -2.34. The summed E-state index contributed by atoms with van der Waals surface area (Å²) in [6, 6.07) is 2.94. The fourth-order valence-electron chi connectivity index (χ4n) is 10.5. The number of phenolic OH excluding ortho intramolecular Hbond substituents is 1. The Kier molecular flexibility index (Phi) is 24.2. The van der Waals surface area contributed by atoms with Gasteiger partial charge in [-0.3, -0.25) is 42.9 Å². The van der Waals surface area contributed by atoms with Crippen LogP contribution in [0.1, 0.15) is 80.8 Å². The molecule has 7 rings (SSSR count). The third-order valence-corrected chi connectivity index (χ3v) is 16.8. The number of primary amides is 1. The molecule has 3 saturated heterocycles. The van der Waals surface area contributed by atoms with Gasteiger partial charge >= 0.3 is 10.4 Å². The molecule has 0 spiro atoms. The Hall–Kier alpha value is -8.03. The summed E-state index contributed by atoms with van der Waals surface area (Å²) >= 11 is 1.26. The number of nitrogens with zero attached hydrogens (tertiary/aromatic N) is 4. The zero-order valence-electron chi connectivity index (χ0n) is 49.4. The number of phenols is 1. The number of carbonyl (C=O) groups is 8. The van der Waals surface area contributed by atoms with E-state index in [4.69, 9.17) is 15.2 Å². The molecule has 4 aromatic rings. The zero-order valence-corrected chi connectivity index (χ0v) is 51.1. The lowest BCUT2D eigenvalue weighted by molar-refractivity contribution is -0.148. The number of carbonyl (C=O) groups excluding carboxylic acids is 8. The highest BCUT2D eigenvalue weighted by Crippen LogP contribution is 2.34. The van der Waals surface area contributed by atoms with Crippen molar-refractivity contribution in [2.75, 3.05) is 40.0 Å². The quantitative estimate of drug-likeness (QED) is 0.0286. The zero-order chi connectivity index (χ0) is 66.6. The lowest BCUT2D eigenvalue weighted by atomic mass is 9.96. The number of unbranched alkanes of at least 4 members (excludes halogenated alkanes) is 3. The summed E-state index contributed by atoms with van der Waals surface area (Å²) in [5, 5.41) is 111. The number of fused-ring (bicyclic) bond motifs is 2. The highest BCUT2D eigenvalue weighted by atomic mass is 32.3. The average Bonchev–Trinajstić information content (AvgIpc) is 1.83. The summed E-state index contributed by atoms with van der Waals surface area (Å²) in [5.74, 6) is -12.4. The number of aromatic nitrogens is 2. The molecule has 0 bridgehead atoms. The summed E-state index contributed by atoms with van der Waals surface area (Å²) in [5.41, 5.74) is 6.08. The summed E-state index contributed by atoms with van der Waals surface area (Å²) in [6.07, 6.45) is -12.8. The van der Waals surface area contributed by atoms with Crippen molar-refractivity contribution in [3.63, 3.8) is 0 Å². The van der Waals surface area contributed by atoms with Crippen LogP contribution in [0.3, 0.4) is 0 Å². The highest BCUT2D eigenvalue weighted by Gasteiger charge is 2.50. The molecule has 8 amide bonds. The van der Waals surface area contributed by atoms with Crippen LogP contribution in [0.15, 0.2) is 66.7 Å². The normalized spacial score (nSPS) is 25.3. The number of benzene rings is 3. The van der Waals surface area contributed by atoms with Crippen LogP contribution in [0, 0.1) is 5.92 Å². The van der Waals surface area contributed by atoms with E-state index in [1.807, 2.05) is 24.3 Å². The molecule has 4 heterocycles. The molecule has 0 radical (unpaired) electrons. The van der Waals surface area contributed by atoms with Gasteiger partial charge in [0, 0.05) is 68.8 Å². The van der Waals surface area contributed by atoms with E-state index in [1.165, 1.54) is 30.4 Å². The van der Waals surface area contributed by atoms with E-state index < -0.39 is 199 Å². The van der Waals surface area contributed by atoms with Gasteiger partial charge in [0.15, 0.2) is 11.5 Å². The number of methoxy groups -OCH3 is 1. The Morgan fingerprint density at radius 3 is 1.98 bits per heavy atom. The van der Waals surface area contributed by atoms with E-state index in [-0.39, 0.29) is 5.56 Å². The predicted octanol–water partition coefficient (Wildman–Crippen LogP) is -3.34. The van der Waals surface area contributed by atoms with Gasteiger partial charge in [-0.15, -0.1) is 10.2 Å². The van der Waals surface area contributed by atoms with E-state index in [9.17, 15) is 92.2 Å². The van der Waals surface area contributed by atoms with Gasteiger partial charge in [-0.2, -0.15) is 8.42 Å². The Morgan fingerprint density at radius 2 is 1.36 bits per heavy atom. The Balaban J connectivity index is 1.18. The maximum absolute atomic E-state index is 14.7. The summed E-state index contributed by atoms with van der Waals surface area (Å²) in [4.78, 5) is 115. The minimum absolute atomic E-state index is 0.0312. The molecule has 0 aliphatic carbocycles. The third kappa shape index (κ3) is 18.4. The van der Waals surface area contributed by atoms with Crippen molar-refractivity contribution in [2.24, 2.45) is 11.7 Å². The van der Waals surface area contributed by atoms with Gasteiger partial charge in [0.05, 0.1) is 43.5 Å². The molecule has 1 aromatic heterocycles. The topological polar surface area (TPSA) is 499 Å². The van der Waals surface area contributed by atoms with Crippen LogP contribution in [0.4, 0.5) is 0 Å². The molecule has 496 valence electrons. The number of aliphatic hydroxyl groups excluding tert-OH is 7. The summed E-state index contributed by atoms with van der Waals surface area (Å²) in [6.45, 7) is 1.82. The Labute approximate surface area is 525 Å². The number of hydrogen-bond donors (Lipinski definition) is 15. The molecule has 3 fully saturated rings. The van der Waals surface area contributed by atoms with E-state index >= 15 is 0 Å². The van der Waals surface area contributed by atoms with E-state index in [1.54, 1.807) is 19.2 Å². The number of amides is 8. The van der Waals surface area contributed by atoms with Crippen molar-refractivity contribution in [1.82, 2.24) is 46.6 Å². The van der Waals surface area contributed by atoms with Crippen molar-refractivity contribution in [3.8, 4) is 38.4 Å². The fraction of sp³-hybridized carbons (Fsp3) is 0.509. The van der Waals surface area contributed by atoms with Crippen LogP contribution < -0.4 is 41.2 Å². The van der Waals surface area contributed by atoms with Gasteiger partial charge in [-0.25, -0.2) is 0 Å². The maximum Gasteiger partial charge on any atom is 0.446 e. The maximum atomic E-state index is 14.7. The van der Waals surface area contributed by atoms with Gasteiger partial charge < -0.3 is 96.6 Å². The van der Waals surface area contributed by atoms with Gasteiger partial charge in [0.1, 0.15) is 64.2 Å². The molecule has 34 heteroatoms. The Morgan fingerprint density at radius 1 is 0.758 bits per heavy atom. The summed E-state index contributed by atoms with van der Waals surface area (Å²) in [7, 11) is -3.67. The molecule has 91 heavy (non-hydrogen) atoms. The first-order valence-corrected chi connectivity index (χ1v) is 31.0. The number of nitrogens with one attached hydrogen (secondary N) is 5. The van der Waals surface area contributed by atoms with Crippen LogP contribution in [-0.2, 0) is 48.7 Å². The number of aromatic hydroxyl groups is 1. The fourth-order valence-corrected chi connectivity index (χ4v) is 11.7. The second-order valence-corrected chi connectivity index (χ2v) is 24.3. The van der Waals surface area contributed by atoms with E-state index in [2.05, 4.69) is 41.0 Å². The first-order chi connectivity index (χ1) is 43.0. The van der Waals surface area contributed by atoms with Crippen molar-refractivity contribution < 1.29 is 106 Å². The number of aliphatic hydroxyl groups is 7. The smallest absolute Gasteiger partial charge is 0.446 e.